The Bertz CT molecular complexity index is 197. The lowest BCUT2D eigenvalue weighted by Crippen LogP contribution is -2.40. The fourth-order valence-electron chi connectivity index (χ4n) is 0.684. The van der Waals surface area contributed by atoms with Gasteiger partial charge in [0.05, 0.1) is 0 Å². The number of rotatable bonds is 4. The van der Waals surface area contributed by atoms with Gasteiger partial charge in [-0.25, -0.2) is 5.43 Å². The van der Waals surface area contributed by atoms with Crippen molar-refractivity contribution in [2.45, 2.75) is 34.1 Å². The maximum Gasteiger partial charge on any atom is 0.261 e. The van der Waals surface area contributed by atoms with Crippen LogP contribution in [0.25, 0.3) is 0 Å². The molecule has 0 aliphatic rings. The van der Waals surface area contributed by atoms with Gasteiger partial charge in [-0.15, -0.1) is 17.0 Å². The normalized spacial score (nSPS) is 10.3. The van der Waals surface area contributed by atoms with Crippen molar-refractivity contribution < 1.29 is 4.79 Å². The summed E-state index contributed by atoms with van der Waals surface area (Å²) in [7, 11) is 0. The molecule has 0 atom stereocenters. The fourth-order valence-corrected chi connectivity index (χ4v) is 0.684. The third kappa shape index (κ3) is 6.16. The van der Waals surface area contributed by atoms with Gasteiger partial charge in [0.15, 0.2) is 0 Å². The Morgan fingerprint density at radius 2 is 1.86 bits per heavy atom. The van der Waals surface area contributed by atoms with Crippen molar-refractivity contribution in [1.29, 1.82) is 0 Å². The molecule has 0 aromatic rings. The number of amides is 1. The van der Waals surface area contributed by atoms with Gasteiger partial charge in [0.1, 0.15) is 0 Å². The molecule has 1 amide bonds. The molecule has 4 heteroatoms. The molecule has 0 unspecified atom stereocenters. The minimum Gasteiger partial charge on any atom is -0.288 e. The molecule has 0 saturated heterocycles. The van der Waals surface area contributed by atoms with Crippen LogP contribution in [-0.2, 0) is 4.79 Å². The largest absolute Gasteiger partial charge is 0.288 e. The smallest absolute Gasteiger partial charge is 0.261 e. The standard InChI is InChI=1S/C10H20N2O.BrH/c1-6-7-11-12-9(13)8(2)10(3,4)5;/h11H,2,6-7H2,1,3-5H3,(H,12,13);1H. The quantitative estimate of drug-likeness (QED) is 0.465. The van der Waals surface area contributed by atoms with Crippen LogP contribution in [0.5, 0.6) is 0 Å². The van der Waals surface area contributed by atoms with Crippen LogP contribution in [0.2, 0.25) is 0 Å². The van der Waals surface area contributed by atoms with Crippen molar-refractivity contribution in [3.05, 3.63) is 12.2 Å². The predicted octanol–water partition coefficient (Wildman–Crippen LogP) is 2.20. The lowest BCUT2D eigenvalue weighted by atomic mass is 9.87. The second kappa shape index (κ2) is 7.01. The zero-order valence-corrected chi connectivity index (χ0v) is 11.2. The first kappa shape index (κ1) is 16.1. The SMILES string of the molecule is Br.C=C(C(=O)NNCCC)C(C)(C)C. The van der Waals surface area contributed by atoms with Gasteiger partial charge in [-0.2, -0.15) is 0 Å². The average molecular weight is 265 g/mol. The highest BCUT2D eigenvalue weighted by atomic mass is 79.9. The van der Waals surface area contributed by atoms with E-state index in [-0.39, 0.29) is 28.3 Å². The van der Waals surface area contributed by atoms with Crippen LogP contribution in [0.1, 0.15) is 34.1 Å². The van der Waals surface area contributed by atoms with Crippen molar-refractivity contribution in [3.63, 3.8) is 0 Å². The third-order valence-electron chi connectivity index (χ3n) is 1.76. The van der Waals surface area contributed by atoms with Gasteiger partial charge in [-0.3, -0.25) is 10.2 Å². The first-order valence-corrected chi connectivity index (χ1v) is 4.62. The summed E-state index contributed by atoms with van der Waals surface area (Å²) in [6.07, 6.45) is 0.988. The number of hydrogen-bond donors (Lipinski definition) is 2. The summed E-state index contributed by atoms with van der Waals surface area (Å²) < 4.78 is 0. The highest BCUT2D eigenvalue weighted by Crippen LogP contribution is 2.22. The van der Waals surface area contributed by atoms with E-state index in [4.69, 9.17) is 0 Å². The molecule has 0 aliphatic carbocycles. The second-order valence-corrected chi connectivity index (χ2v) is 4.11. The van der Waals surface area contributed by atoms with Crippen molar-refractivity contribution >= 4 is 22.9 Å². The number of carbonyl (C=O) groups excluding carboxylic acids is 1. The number of halogens is 1. The first-order valence-electron chi connectivity index (χ1n) is 4.62. The Morgan fingerprint density at radius 3 is 2.21 bits per heavy atom. The molecule has 0 heterocycles. The van der Waals surface area contributed by atoms with E-state index in [1.54, 1.807) is 0 Å². The molecule has 3 nitrogen and oxygen atoms in total. The van der Waals surface area contributed by atoms with E-state index in [1.807, 2.05) is 27.7 Å². The van der Waals surface area contributed by atoms with Crippen LogP contribution in [-0.4, -0.2) is 12.5 Å². The summed E-state index contributed by atoms with van der Waals surface area (Å²) in [5.41, 5.74) is 5.85. The lowest BCUT2D eigenvalue weighted by molar-refractivity contribution is -0.119. The Morgan fingerprint density at radius 1 is 1.36 bits per heavy atom. The van der Waals surface area contributed by atoms with Gasteiger partial charge in [-0.1, -0.05) is 34.3 Å². The molecule has 0 spiro atoms. The number of nitrogens with one attached hydrogen (secondary N) is 2. The van der Waals surface area contributed by atoms with Crippen LogP contribution in [0.4, 0.5) is 0 Å². The van der Waals surface area contributed by atoms with E-state index in [0.717, 1.165) is 13.0 Å². The van der Waals surface area contributed by atoms with Crippen LogP contribution in [0.3, 0.4) is 0 Å². The molecule has 0 fully saturated rings. The summed E-state index contributed by atoms with van der Waals surface area (Å²) in [4.78, 5) is 11.4. The highest BCUT2D eigenvalue weighted by molar-refractivity contribution is 8.93. The Labute approximate surface area is 97.1 Å². The van der Waals surface area contributed by atoms with Gasteiger partial charge in [0.25, 0.3) is 5.91 Å². The average Bonchev–Trinajstić information content (AvgIpc) is 2.01. The molecule has 0 aromatic carbocycles. The summed E-state index contributed by atoms with van der Waals surface area (Å²) in [5, 5.41) is 0. The number of hydrazine groups is 1. The molecule has 0 saturated carbocycles. The van der Waals surface area contributed by atoms with Crippen molar-refractivity contribution in [1.82, 2.24) is 10.9 Å². The molecule has 0 aliphatic heterocycles. The molecule has 14 heavy (non-hydrogen) atoms. The van der Waals surface area contributed by atoms with Crippen molar-refractivity contribution in [2.24, 2.45) is 5.41 Å². The molecular weight excluding hydrogens is 244 g/mol. The molecule has 2 N–H and O–H groups in total. The van der Waals surface area contributed by atoms with Gasteiger partial charge >= 0.3 is 0 Å². The van der Waals surface area contributed by atoms with Gasteiger partial charge in [0.2, 0.25) is 0 Å². The van der Waals surface area contributed by atoms with Crippen LogP contribution >= 0.6 is 17.0 Å². The number of hydrogen-bond acceptors (Lipinski definition) is 2. The maximum absolute atomic E-state index is 11.4. The molecule has 0 aromatic heterocycles. The minimum absolute atomic E-state index is 0. The maximum atomic E-state index is 11.4. The van der Waals surface area contributed by atoms with E-state index in [2.05, 4.69) is 17.4 Å². The van der Waals surface area contributed by atoms with E-state index >= 15 is 0 Å². The highest BCUT2D eigenvalue weighted by Gasteiger charge is 2.20. The van der Waals surface area contributed by atoms with E-state index in [9.17, 15) is 4.79 Å². The summed E-state index contributed by atoms with van der Waals surface area (Å²) in [5.74, 6) is -0.124. The monoisotopic (exact) mass is 264 g/mol. The summed E-state index contributed by atoms with van der Waals surface area (Å²) in [6.45, 7) is 12.5. The van der Waals surface area contributed by atoms with Crippen LogP contribution in [0, 0.1) is 5.41 Å². The van der Waals surface area contributed by atoms with Gasteiger partial charge < -0.3 is 0 Å². The molecule has 0 rings (SSSR count). The van der Waals surface area contributed by atoms with Crippen molar-refractivity contribution in [2.75, 3.05) is 6.54 Å². The molecule has 84 valence electrons. The first-order chi connectivity index (χ1) is 5.89. The second-order valence-electron chi connectivity index (χ2n) is 4.11. The zero-order valence-electron chi connectivity index (χ0n) is 9.44. The van der Waals surface area contributed by atoms with E-state index in [1.165, 1.54) is 0 Å². The topological polar surface area (TPSA) is 41.1 Å². The van der Waals surface area contributed by atoms with Crippen LogP contribution < -0.4 is 10.9 Å². The fraction of sp³-hybridized carbons (Fsp3) is 0.700. The predicted molar refractivity (Wildman–Crippen MR) is 65.4 cm³/mol. The minimum atomic E-state index is -0.169. The number of carbonyl (C=O) groups is 1. The third-order valence-corrected chi connectivity index (χ3v) is 1.76. The van der Waals surface area contributed by atoms with E-state index in [0.29, 0.717) is 5.57 Å². The Kier molecular flexibility index (Phi) is 8.06. The Hall–Kier alpha value is -0.350. The van der Waals surface area contributed by atoms with Gasteiger partial charge in [0, 0.05) is 12.1 Å². The van der Waals surface area contributed by atoms with Crippen molar-refractivity contribution in [3.8, 4) is 0 Å². The molecule has 0 bridgehead atoms. The van der Waals surface area contributed by atoms with Gasteiger partial charge in [-0.05, 0) is 11.8 Å². The summed E-state index contributed by atoms with van der Waals surface area (Å²) in [6, 6.07) is 0. The summed E-state index contributed by atoms with van der Waals surface area (Å²) >= 11 is 0. The lowest BCUT2D eigenvalue weighted by Gasteiger charge is -2.20. The molecule has 0 radical (unpaired) electrons. The molecular formula is C10H21BrN2O. The zero-order chi connectivity index (χ0) is 10.5. The van der Waals surface area contributed by atoms with Crippen LogP contribution in [0.15, 0.2) is 12.2 Å². The Balaban J connectivity index is 0. The van der Waals surface area contributed by atoms with E-state index < -0.39 is 0 Å².